The van der Waals surface area contributed by atoms with Crippen molar-refractivity contribution in [3.63, 3.8) is 0 Å². The second-order valence-corrected chi connectivity index (χ2v) is 7.83. The van der Waals surface area contributed by atoms with Gasteiger partial charge in [-0.2, -0.15) is 0 Å². The van der Waals surface area contributed by atoms with Crippen molar-refractivity contribution in [2.24, 2.45) is 0 Å². The van der Waals surface area contributed by atoms with Crippen molar-refractivity contribution in [3.8, 4) is 23.7 Å². The molecule has 0 nitrogen and oxygen atoms in total. The highest BCUT2D eigenvalue weighted by Crippen LogP contribution is 2.22. The fourth-order valence-electron chi connectivity index (χ4n) is 3.31. The molecule has 0 aliphatic rings. The van der Waals surface area contributed by atoms with Gasteiger partial charge in [-0.25, -0.2) is 4.39 Å². The molecule has 0 bridgehead atoms. The zero-order chi connectivity index (χ0) is 22.3. The molecular weight excluding hydrogens is 415 g/mol. The summed E-state index contributed by atoms with van der Waals surface area (Å²) < 4.78 is 15.0. The van der Waals surface area contributed by atoms with E-state index in [1.807, 2.05) is 48.5 Å². The van der Waals surface area contributed by atoms with Gasteiger partial charge in [0.2, 0.25) is 0 Å². The molecule has 4 rings (SSSR count). The summed E-state index contributed by atoms with van der Waals surface area (Å²) in [6.07, 6.45) is 3.87. The van der Waals surface area contributed by atoms with Crippen molar-refractivity contribution in [2.45, 2.75) is 12.8 Å². The van der Waals surface area contributed by atoms with E-state index in [4.69, 9.17) is 11.6 Å². The molecule has 0 radical (unpaired) electrons. The molecule has 4 aromatic rings. The van der Waals surface area contributed by atoms with Gasteiger partial charge in [-0.3, -0.25) is 0 Å². The Morgan fingerprint density at radius 2 is 1.38 bits per heavy atom. The molecule has 0 amide bonds. The van der Waals surface area contributed by atoms with E-state index in [-0.39, 0.29) is 5.82 Å². The minimum Gasteiger partial charge on any atom is -0.205 e. The maximum Gasteiger partial charge on any atom is 0.146 e. The van der Waals surface area contributed by atoms with Crippen LogP contribution in [0.3, 0.4) is 0 Å². The number of hydrogen-bond acceptors (Lipinski definition) is 0. The Labute approximate surface area is 193 Å². The molecule has 0 heterocycles. The molecule has 4 aromatic carbocycles. The van der Waals surface area contributed by atoms with Crippen LogP contribution >= 0.6 is 11.6 Å². The fraction of sp³-hybridized carbons (Fsp3) is 0.0667. The summed E-state index contributed by atoms with van der Waals surface area (Å²) in [5, 5.41) is 1.98. The SMILES string of the molecule is C=CCCc1ccc(C#Cc2ccc3c(F)c(C#Cc4ccc(Cl)cc4)ccc3c2)cc1. The first kappa shape index (κ1) is 21.5. The second-order valence-electron chi connectivity index (χ2n) is 7.39. The van der Waals surface area contributed by atoms with Crippen LogP contribution in [0.25, 0.3) is 10.8 Å². The molecule has 154 valence electrons. The number of aryl methyl sites for hydroxylation is 1. The third kappa shape index (κ3) is 5.28. The molecule has 0 aromatic heterocycles. The molecule has 32 heavy (non-hydrogen) atoms. The summed E-state index contributed by atoms with van der Waals surface area (Å²) >= 11 is 5.89. The maximum atomic E-state index is 15.0. The Bertz CT molecular complexity index is 1390. The van der Waals surface area contributed by atoms with E-state index < -0.39 is 0 Å². The third-order valence-corrected chi connectivity index (χ3v) is 5.33. The molecule has 0 saturated heterocycles. The van der Waals surface area contributed by atoms with Crippen LogP contribution in [0, 0.1) is 29.5 Å². The predicted octanol–water partition coefficient (Wildman–Crippen LogP) is 7.55. The number of benzene rings is 4. The van der Waals surface area contributed by atoms with Crippen LogP contribution in [-0.4, -0.2) is 0 Å². The van der Waals surface area contributed by atoms with E-state index in [1.54, 1.807) is 24.3 Å². The summed E-state index contributed by atoms with van der Waals surface area (Å²) in [4.78, 5) is 0. The van der Waals surface area contributed by atoms with Gasteiger partial charge in [0, 0.05) is 27.1 Å². The van der Waals surface area contributed by atoms with Gasteiger partial charge < -0.3 is 0 Å². The molecule has 0 unspecified atom stereocenters. The van der Waals surface area contributed by atoms with Crippen LogP contribution in [-0.2, 0) is 6.42 Å². The first-order valence-electron chi connectivity index (χ1n) is 10.3. The van der Waals surface area contributed by atoms with Crippen LogP contribution in [0.4, 0.5) is 4.39 Å². The number of allylic oxidation sites excluding steroid dienone is 1. The van der Waals surface area contributed by atoms with E-state index in [0.717, 1.165) is 34.9 Å². The van der Waals surface area contributed by atoms with Crippen LogP contribution < -0.4 is 0 Å². The van der Waals surface area contributed by atoms with Gasteiger partial charge in [-0.15, -0.1) is 6.58 Å². The Morgan fingerprint density at radius 1 is 0.750 bits per heavy atom. The average Bonchev–Trinajstić information content (AvgIpc) is 2.82. The smallest absolute Gasteiger partial charge is 0.146 e. The molecule has 0 aliphatic heterocycles. The number of rotatable bonds is 3. The Balaban J connectivity index is 1.56. The molecule has 0 aliphatic carbocycles. The molecule has 0 atom stereocenters. The topological polar surface area (TPSA) is 0 Å². The third-order valence-electron chi connectivity index (χ3n) is 5.08. The summed E-state index contributed by atoms with van der Waals surface area (Å²) in [5.41, 5.74) is 4.21. The lowest BCUT2D eigenvalue weighted by Gasteiger charge is -2.03. The maximum absolute atomic E-state index is 15.0. The van der Waals surface area contributed by atoms with Crippen molar-refractivity contribution >= 4 is 22.4 Å². The van der Waals surface area contributed by atoms with E-state index in [0.29, 0.717) is 16.0 Å². The van der Waals surface area contributed by atoms with Gasteiger partial charge in [-0.1, -0.05) is 65.6 Å². The first-order valence-corrected chi connectivity index (χ1v) is 10.7. The van der Waals surface area contributed by atoms with Crippen LogP contribution in [0.15, 0.2) is 91.5 Å². The van der Waals surface area contributed by atoms with E-state index in [2.05, 4.69) is 42.4 Å². The lowest BCUT2D eigenvalue weighted by atomic mass is 10.0. The number of fused-ring (bicyclic) bond motifs is 1. The van der Waals surface area contributed by atoms with E-state index in [9.17, 15) is 4.39 Å². The minimum atomic E-state index is -0.321. The van der Waals surface area contributed by atoms with Gasteiger partial charge in [0.05, 0.1) is 5.56 Å². The predicted molar refractivity (Wildman–Crippen MR) is 132 cm³/mol. The summed E-state index contributed by atoms with van der Waals surface area (Å²) in [7, 11) is 0. The van der Waals surface area contributed by atoms with Crippen LogP contribution in [0.5, 0.6) is 0 Å². The highest BCUT2D eigenvalue weighted by molar-refractivity contribution is 6.30. The average molecular weight is 435 g/mol. The zero-order valence-corrected chi connectivity index (χ0v) is 18.2. The van der Waals surface area contributed by atoms with Crippen molar-refractivity contribution in [1.82, 2.24) is 0 Å². The highest BCUT2D eigenvalue weighted by Gasteiger charge is 2.06. The van der Waals surface area contributed by atoms with Gasteiger partial charge >= 0.3 is 0 Å². The Morgan fingerprint density at radius 3 is 2.09 bits per heavy atom. The van der Waals surface area contributed by atoms with Gasteiger partial charge in [-0.05, 0) is 78.4 Å². The summed E-state index contributed by atoms with van der Waals surface area (Å²) in [6.45, 7) is 3.76. The zero-order valence-electron chi connectivity index (χ0n) is 17.5. The fourth-order valence-corrected chi connectivity index (χ4v) is 3.43. The second kappa shape index (κ2) is 10.0. The molecule has 0 N–H and O–H groups in total. The Hall–Kier alpha value is -3.78. The normalized spacial score (nSPS) is 10.1. The number of halogens is 2. The van der Waals surface area contributed by atoms with Gasteiger partial charge in [0.25, 0.3) is 0 Å². The molecular formula is C30H20ClF. The quantitative estimate of drug-likeness (QED) is 0.230. The van der Waals surface area contributed by atoms with Crippen molar-refractivity contribution in [2.75, 3.05) is 0 Å². The standard InChI is InChI=1S/C30H20ClF/c1-2-3-4-22-5-7-23(8-6-22)9-10-25-14-20-29-27(21-25)17-16-26(30(29)32)15-11-24-12-18-28(31)19-13-24/h2,5-8,12-14,16-21H,1,3-4H2. The monoisotopic (exact) mass is 434 g/mol. The summed E-state index contributed by atoms with van der Waals surface area (Å²) in [5.74, 6) is 11.9. The van der Waals surface area contributed by atoms with Crippen molar-refractivity contribution in [3.05, 3.63) is 130 Å². The molecule has 0 saturated carbocycles. The largest absolute Gasteiger partial charge is 0.205 e. The Kier molecular flexibility index (Phi) is 6.72. The van der Waals surface area contributed by atoms with Crippen LogP contribution in [0.1, 0.15) is 34.2 Å². The van der Waals surface area contributed by atoms with Gasteiger partial charge in [0.15, 0.2) is 0 Å². The van der Waals surface area contributed by atoms with Gasteiger partial charge in [0.1, 0.15) is 5.82 Å². The highest BCUT2D eigenvalue weighted by atomic mass is 35.5. The summed E-state index contributed by atoms with van der Waals surface area (Å²) in [6, 6.07) is 24.5. The first-order chi connectivity index (χ1) is 15.6. The van der Waals surface area contributed by atoms with E-state index >= 15 is 0 Å². The molecule has 0 spiro atoms. The molecule has 0 fully saturated rings. The lowest BCUT2D eigenvalue weighted by molar-refractivity contribution is 0.636. The van der Waals surface area contributed by atoms with Crippen molar-refractivity contribution in [1.29, 1.82) is 0 Å². The van der Waals surface area contributed by atoms with Crippen molar-refractivity contribution < 1.29 is 4.39 Å². The lowest BCUT2D eigenvalue weighted by Crippen LogP contribution is -1.88. The molecule has 2 heteroatoms. The number of hydrogen-bond donors (Lipinski definition) is 0. The van der Waals surface area contributed by atoms with E-state index in [1.165, 1.54) is 5.56 Å². The van der Waals surface area contributed by atoms with Crippen LogP contribution in [0.2, 0.25) is 5.02 Å². The minimum absolute atomic E-state index is 0.321.